The first-order chi connectivity index (χ1) is 16.8. The Morgan fingerprint density at radius 3 is 2.57 bits per heavy atom. The number of nitrogens with one attached hydrogen (secondary N) is 1. The number of carbonyl (C=O) groups is 1. The van der Waals surface area contributed by atoms with Gasteiger partial charge in [-0.15, -0.1) is 0 Å². The van der Waals surface area contributed by atoms with Crippen LogP contribution in [0, 0.1) is 5.41 Å². The lowest BCUT2D eigenvalue weighted by atomic mass is 9.67. The van der Waals surface area contributed by atoms with Crippen LogP contribution in [0.5, 0.6) is 0 Å². The van der Waals surface area contributed by atoms with Crippen LogP contribution in [-0.2, 0) is 11.3 Å². The lowest BCUT2D eigenvalue weighted by molar-refractivity contribution is -0.116. The third-order valence-electron chi connectivity index (χ3n) is 6.72. The van der Waals surface area contributed by atoms with E-state index < -0.39 is 0 Å². The average molecular weight is 467 g/mol. The first kappa shape index (κ1) is 26.2. The molecule has 0 fully saturated rings. The number of hydrogen-bond donors (Lipinski definition) is 1. The summed E-state index contributed by atoms with van der Waals surface area (Å²) >= 11 is 0. The summed E-state index contributed by atoms with van der Waals surface area (Å²) in [6.45, 7) is 11.5. The second-order valence-corrected chi connectivity index (χ2v) is 10.1. The summed E-state index contributed by atoms with van der Waals surface area (Å²) in [5.41, 5.74) is 7.48. The summed E-state index contributed by atoms with van der Waals surface area (Å²) in [5.74, 6) is 0.350. The van der Waals surface area contributed by atoms with Gasteiger partial charge in [-0.25, -0.2) is 0 Å². The Morgan fingerprint density at radius 1 is 1.09 bits per heavy atom. The zero-order valence-electron chi connectivity index (χ0n) is 21.7. The van der Waals surface area contributed by atoms with Gasteiger partial charge in [-0.05, 0) is 67.4 Å². The van der Waals surface area contributed by atoms with Crippen molar-refractivity contribution >= 4 is 5.91 Å². The molecule has 3 heteroatoms. The maximum atomic E-state index is 12.2. The molecule has 35 heavy (non-hydrogen) atoms. The van der Waals surface area contributed by atoms with Gasteiger partial charge in [-0.3, -0.25) is 9.78 Å². The molecular weight excluding hydrogens is 428 g/mol. The predicted molar refractivity (Wildman–Crippen MR) is 147 cm³/mol. The van der Waals surface area contributed by atoms with Gasteiger partial charge in [0.2, 0.25) is 5.91 Å². The van der Waals surface area contributed by atoms with Crippen LogP contribution < -0.4 is 5.32 Å². The first-order valence-electron chi connectivity index (χ1n) is 12.4. The Kier molecular flexibility index (Phi) is 9.19. The highest BCUT2D eigenvalue weighted by atomic mass is 16.1. The first-order valence-corrected chi connectivity index (χ1v) is 12.4. The van der Waals surface area contributed by atoms with Gasteiger partial charge in [0.1, 0.15) is 0 Å². The lowest BCUT2D eigenvalue weighted by Crippen LogP contribution is -2.23. The quantitative estimate of drug-likeness (QED) is 0.321. The molecule has 3 nitrogen and oxygen atoms in total. The highest BCUT2D eigenvalue weighted by molar-refractivity contribution is 5.88. The van der Waals surface area contributed by atoms with Gasteiger partial charge < -0.3 is 5.32 Å². The normalized spacial score (nSPS) is 18.9. The summed E-state index contributed by atoms with van der Waals surface area (Å²) in [6, 6.07) is 14.1. The van der Waals surface area contributed by atoms with E-state index in [4.69, 9.17) is 0 Å². The third kappa shape index (κ3) is 7.78. The van der Waals surface area contributed by atoms with Gasteiger partial charge in [-0.1, -0.05) is 91.8 Å². The topological polar surface area (TPSA) is 42.0 Å². The number of allylic oxidation sites excluding steroid dienone is 9. The van der Waals surface area contributed by atoms with Crippen molar-refractivity contribution in [3.63, 3.8) is 0 Å². The lowest BCUT2D eigenvalue weighted by Gasteiger charge is -2.37. The Labute approximate surface area is 211 Å². The fourth-order valence-electron chi connectivity index (χ4n) is 4.65. The molecular formula is C32H38N2O. The average Bonchev–Trinajstić information content (AvgIpc) is 2.83. The molecule has 0 bridgehead atoms. The maximum absolute atomic E-state index is 12.2. The molecule has 1 aromatic carbocycles. The van der Waals surface area contributed by atoms with Crippen molar-refractivity contribution in [2.24, 2.45) is 5.41 Å². The van der Waals surface area contributed by atoms with E-state index in [1.807, 2.05) is 67.9 Å². The minimum atomic E-state index is -0.0817. The number of pyridine rings is 1. The molecule has 1 aliphatic rings. The Balaban J connectivity index is 1.63. The second-order valence-electron chi connectivity index (χ2n) is 10.1. The van der Waals surface area contributed by atoms with Crippen molar-refractivity contribution in [1.82, 2.24) is 10.3 Å². The van der Waals surface area contributed by atoms with Crippen molar-refractivity contribution in [3.05, 3.63) is 125 Å². The molecule has 1 amide bonds. The van der Waals surface area contributed by atoms with Gasteiger partial charge in [0.25, 0.3) is 0 Å². The number of hydrogen-bond acceptors (Lipinski definition) is 2. The molecule has 1 N–H and O–H groups in total. The molecule has 0 aliphatic heterocycles. The Hall–Kier alpha value is -3.46. The maximum Gasteiger partial charge on any atom is 0.244 e. The molecule has 0 saturated heterocycles. The summed E-state index contributed by atoms with van der Waals surface area (Å²) in [7, 11) is 0. The number of aromatic nitrogens is 1. The van der Waals surface area contributed by atoms with Crippen LogP contribution in [0.4, 0.5) is 0 Å². The van der Waals surface area contributed by atoms with E-state index in [2.05, 4.69) is 62.3 Å². The number of rotatable bonds is 8. The van der Waals surface area contributed by atoms with E-state index in [1.165, 1.54) is 22.3 Å². The monoisotopic (exact) mass is 466 g/mol. The van der Waals surface area contributed by atoms with Crippen molar-refractivity contribution in [1.29, 1.82) is 0 Å². The molecule has 2 aromatic rings. The largest absolute Gasteiger partial charge is 0.348 e. The molecule has 1 aromatic heterocycles. The molecule has 182 valence electrons. The molecule has 0 radical (unpaired) electrons. The van der Waals surface area contributed by atoms with Gasteiger partial charge in [0.05, 0.1) is 0 Å². The molecule has 0 spiro atoms. The van der Waals surface area contributed by atoms with Gasteiger partial charge in [0.15, 0.2) is 0 Å². The molecule has 1 heterocycles. The van der Waals surface area contributed by atoms with Gasteiger partial charge in [-0.2, -0.15) is 0 Å². The van der Waals surface area contributed by atoms with Crippen LogP contribution in [0.15, 0.2) is 114 Å². The zero-order chi connectivity index (χ0) is 25.3. The number of nitrogens with zero attached hydrogens (tertiary/aromatic N) is 1. The number of benzene rings is 1. The third-order valence-corrected chi connectivity index (χ3v) is 6.72. The Morgan fingerprint density at radius 2 is 1.86 bits per heavy atom. The predicted octanol–water partition coefficient (Wildman–Crippen LogP) is 7.62. The molecule has 3 rings (SSSR count). The van der Waals surface area contributed by atoms with Crippen LogP contribution in [0.25, 0.3) is 0 Å². The Bertz CT molecular complexity index is 1150. The fraction of sp³-hybridized carbons (Fsp3) is 0.312. The van der Waals surface area contributed by atoms with E-state index in [-0.39, 0.29) is 11.3 Å². The zero-order valence-corrected chi connectivity index (χ0v) is 21.7. The molecule has 1 atom stereocenters. The SMILES string of the molecule is CC1=C(/C=C/C(C)=C/C=C/C(C)=C\C(=O)NCc2ccccc2)C(C)(C)CCC1c1cccnc1. The minimum Gasteiger partial charge on any atom is -0.348 e. The summed E-state index contributed by atoms with van der Waals surface area (Å²) < 4.78 is 0. The van der Waals surface area contributed by atoms with E-state index in [9.17, 15) is 4.79 Å². The molecule has 0 saturated carbocycles. The highest BCUT2D eigenvalue weighted by Gasteiger charge is 2.32. The van der Waals surface area contributed by atoms with Crippen molar-refractivity contribution < 1.29 is 4.79 Å². The minimum absolute atomic E-state index is 0.0817. The highest BCUT2D eigenvalue weighted by Crippen LogP contribution is 2.47. The summed E-state index contributed by atoms with van der Waals surface area (Å²) in [4.78, 5) is 16.5. The number of amides is 1. The van der Waals surface area contributed by atoms with Crippen molar-refractivity contribution in [3.8, 4) is 0 Å². The van der Waals surface area contributed by atoms with Crippen LogP contribution in [0.1, 0.15) is 64.5 Å². The van der Waals surface area contributed by atoms with Crippen molar-refractivity contribution in [2.45, 2.75) is 59.9 Å². The standard InChI is InChI=1S/C32H38N2O/c1-24(11-9-12-25(2)21-31(35)34-22-27-13-7-6-8-14-27)16-17-30-26(3)29(18-19-32(30,4)5)28-15-10-20-33-23-28/h6-17,20-21,23,29H,18-19,22H2,1-5H3,(H,34,35)/b12-9+,17-16+,24-11+,25-21-. The van der Waals surface area contributed by atoms with Crippen LogP contribution >= 0.6 is 0 Å². The van der Waals surface area contributed by atoms with E-state index in [0.29, 0.717) is 12.5 Å². The molecule has 1 aliphatic carbocycles. The van der Waals surface area contributed by atoms with Crippen LogP contribution in [0.3, 0.4) is 0 Å². The fourth-order valence-corrected chi connectivity index (χ4v) is 4.65. The van der Waals surface area contributed by atoms with E-state index in [0.717, 1.165) is 24.0 Å². The van der Waals surface area contributed by atoms with Gasteiger partial charge >= 0.3 is 0 Å². The van der Waals surface area contributed by atoms with Crippen molar-refractivity contribution in [2.75, 3.05) is 0 Å². The van der Waals surface area contributed by atoms with Gasteiger partial charge in [0, 0.05) is 30.9 Å². The summed E-state index contributed by atoms with van der Waals surface area (Å²) in [5, 5.41) is 2.93. The second kappa shape index (κ2) is 12.3. The van der Waals surface area contributed by atoms with E-state index in [1.54, 1.807) is 6.08 Å². The summed E-state index contributed by atoms with van der Waals surface area (Å²) in [6.07, 6.45) is 18.3. The van der Waals surface area contributed by atoms with E-state index >= 15 is 0 Å². The smallest absolute Gasteiger partial charge is 0.244 e. The molecule has 1 unspecified atom stereocenters. The van der Waals surface area contributed by atoms with Crippen LogP contribution in [-0.4, -0.2) is 10.9 Å². The van der Waals surface area contributed by atoms with Crippen LogP contribution in [0.2, 0.25) is 0 Å². The number of carbonyl (C=O) groups excluding carboxylic acids is 1.